The van der Waals surface area contributed by atoms with Crippen LogP contribution in [-0.2, 0) is 29.2 Å². The summed E-state index contributed by atoms with van der Waals surface area (Å²) in [6.07, 6.45) is 1.29. The maximum absolute atomic E-state index is 11.1. The first-order valence-electron chi connectivity index (χ1n) is 12.6. The second-order valence-corrected chi connectivity index (χ2v) is 9.62. The number of hydrogen-bond donors (Lipinski definition) is 4. The van der Waals surface area contributed by atoms with Crippen LogP contribution in [0.2, 0.25) is 0 Å². The van der Waals surface area contributed by atoms with E-state index >= 15 is 0 Å². The summed E-state index contributed by atoms with van der Waals surface area (Å²) in [5, 5.41) is 29.5. The van der Waals surface area contributed by atoms with Gasteiger partial charge in [-0.1, -0.05) is 80.6 Å². The zero-order valence-electron chi connectivity index (χ0n) is 22.0. The fourth-order valence-electron chi connectivity index (χ4n) is 4.65. The van der Waals surface area contributed by atoms with Crippen LogP contribution in [0.3, 0.4) is 0 Å². The fraction of sp³-hybridized carbons (Fsp3) is 0.333. The fourth-order valence-corrected chi connectivity index (χ4v) is 4.65. The predicted molar refractivity (Wildman–Crippen MR) is 146 cm³/mol. The van der Waals surface area contributed by atoms with Crippen LogP contribution >= 0.6 is 0 Å². The normalized spacial score (nSPS) is 16.1. The number of carbonyl (C=O) groups is 2. The molecule has 8 heteroatoms. The molecule has 0 aromatic heterocycles. The molecule has 38 heavy (non-hydrogen) atoms. The van der Waals surface area contributed by atoms with E-state index in [-0.39, 0.29) is 6.04 Å². The number of hydrogen-bond acceptors (Lipinski definition) is 6. The van der Waals surface area contributed by atoms with E-state index in [2.05, 4.69) is 67.5 Å². The summed E-state index contributed by atoms with van der Waals surface area (Å²) >= 11 is 0. The Hall–Kier alpha value is -3.88. The second kappa shape index (κ2) is 13.6. The number of ether oxygens (including phenoxy) is 1. The van der Waals surface area contributed by atoms with Gasteiger partial charge in [-0.2, -0.15) is 0 Å². The molecule has 4 rings (SSSR count). The summed E-state index contributed by atoms with van der Waals surface area (Å²) in [6, 6.07) is 25.2. The predicted octanol–water partition coefficient (Wildman–Crippen LogP) is 4.40. The van der Waals surface area contributed by atoms with Crippen molar-refractivity contribution in [3.05, 3.63) is 95.1 Å². The number of nitrogens with one attached hydrogen (secondary N) is 1. The highest BCUT2D eigenvalue weighted by atomic mass is 16.5. The third kappa shape index (κ3) is 7.81. The number of carboxylic acids is 2. The molecule has 1 aliphatic carbocycles. The summed E-state index contributed by atoms with van der Waals surface area (Å²) in [5.41, 5.74) is 5.68. The van der Waals surface area contributed by atoms with Crippen LogP contribution in [0.1, 0.15) is 48.6 Å². The summed E-state index contributed by atoms with van der Waals surface area (Å²) < 4.78 is 6.34. The Labute approximate surface area is 223 Å². The molecule has 2 unspecified atom stereocenters. The van der Waals surface area contributed by atoms with Gasteiger partial charge in [0.05, 0.1) is 11.8 Å². The Morgan fingerprint density at radius 1 is 0.947 bits per heavy atom. The topological polar surface area (TPSA) is 119 Å². The molecule has 4 N–H and O–H groups in total. The van der Waals surface area contributed by atoms with Gasteiger partial charge in [0.1, 0.15) is 12.4 Å². The Balaban J connectivity index is 0.000000599. The molecular weight excluding hydrogens is 484 g/mol. The molecule has 0 saturated heterocycles. The van der Waals surface area contributed by atoms with E-state index < -0.39 is 18.0 Å². The van der Waals surface area contributed by atoms with Crippen LogP contribution in [-0.4, -0.2) is 46.4 Å². The van der Waals surface area contributed by atoms with E-state index in [1.54, 1.807) is 0 Å². The molecule has 0 radical (unpaired) electrons. The van der Waals surface area contributed by atoms with Crippen LogP contribution in [0.4, 0.5) is 5.69 Å². The van der Waals surface area contributed by atoms with Crippen molar-refractivity contribution < 1.29 is 29.6 Å². The second-order valence-electron chi connectivity index (χ2n) is 9.62. The molecule has 8 nitrogen and oxygen atoms in total. The van der Waals surface area contributed by atoms with Crippen molar-refractivity contribution in [2.45, 2.75) is 58.0 Å². The standard InChI is InChI=1S/C28H34N2O2.C2H2O4/c1-20(2)29-25-16-14-23-24(28(25)31)15-17-26(32-19-22-12-8-5-9-13-22)27(23)30(3)18-21-10-6-4-7-11-21;3-1(4)2(5)6/h4-13,15,17,20,25,28-29,31H,14,16,18-19H2,1-3H3;(H,3,4)(H,5,6). The molecule has 0 fully saturated rings. The van der Waals surface area contributed by atoms with Crippen molar-refractivity contribution in [1.29, 1.82) is 0 Å². The van der Waals surface area contributed by atoms with E-state index in [4.69, 9.17) is 24.5 Å². The van der Waals surface area contributed by atoms with Crippen LogP contribution in [0.25, 0.3) is 0 Å². The zero-order valence-corrected chi connectivity index (χ0v) is 22.0. The van der Waals surface area contributed by atoms with Crippen molar-refractivity contribution in [1.82, 2.24) is 5.32 Å². The number of carboxylic acid groups (broad SMARTS) is 2. The lowest BCUT2D eigenvalue weighted by molar-refractivity contribution is -0.159. The third-order valence-corrected chi connectivity index (χ3v) is 6.30. The highest BCUT2D eigenvalue weighted by Crippen LogP contribution is 2.42. The lowest BCUT2D eigenvalue weighted by atomic mass is 9.84. The third-order valence-electron chi connectivity index (χ3n) is 6.30. The minimum atomic E-state index is -1.82. The van der Waals surface area contributed by atoms with Crippen molar-refractivity contribution in [2.24, 2.45) is 0 Å². The molecule has 3 aromatic rings. The van der Waals surface area contributed by atoms with Crippen molar-refractivity contribution in [2.75, 3.05) is 11.9 Å². The molecule has 202 valence electrons. The largest absolute Gasteiger partial charge is 0.487 e. The molecule has 3 aromatic carbocycles. The number of aliphatic hydroxyl groups is 1. The maximum Gasteiger partial charge on any atom is 0.414 e. The van der Waals surface area contributed by atoms with Gasteiger partial charge in [0.2, 0.25) is 0 Å². The Morgan fingerprint density at radius 3 is 2.08 bits per heavy atom. The number of aliphatic carboxylic acids is 2. The van der Waals surface area contributed by atoms with Gasteiger partial charge < -0.3 is 30.3 Å². The van der Waals surface area contributed by atoms with Crippen LogP contribution in [0.5, 0.6) is 5.75 Å². The summed E-state index contributed by atoms with van der Waals surface area (Å²) in [7, 11) is 2.11. The van der Waals surface area contributed by atoms with E-state index in [0.29, 0.717) is 12.6 Å². The van der Waals surface area contributed by atoms with Gasteiger partial charge in [0.25, 0.3) is 0 Å². The first kappa shape index (κ1) is 28.7. The number of aliphatic hydroxyl groups excluding tert-OH is 1. The molecule has 0 aliphatic heterocycles. The van der Waals surface area contributed by atoms with E-state index in [0.717, 1.165) is 42.0 Å². The minimum Gasteiger partial charge on any atom is -0.487 e. The SMILES string of the molecule is CC(C)NC1CCc2c(ccc(OCc3ccccc3)c2N(C)Cc2ccccc2)C1O.O=C(O)C(=O)O. The van der Waals surface area contributed by atoms with E-state index in [9.17, 15) is 5.11 Å². The summed E-state index contributed by atoms with van der Waals surface area (Å²) in [5.74, 6) is -2.78. The number of fused-ring (bicyclic) bond motifs is 1. The van der Waals surface area contributed by atoms with Gasteiger partial charge in [0, 0.05) is 25.7 Å². The van der Waals surface area contributed by atoms with Gasteiger partial charge in [0.15, 0.2) is 0 Å². The monoisotopic (exact) mass is 520 g/mol. The molecular formula is C30H36N2O6. The highest BCUT2D eigenvalue weighted by Gasteiger charge is 2.31. The Morgan fingerprint density at radius 2 is 1.53 bits per heavy atom. The van der Waals surface area contributed by atoms with E-state index in [1.165, 1.54) is 11.1 Å². The van der Waals surface area contributed by atoms with Gasteiger partial charge in [-0.3, -0.25) is 0 Å². The minimum absolute atomic E-state index is 0.0749. The Kier molecular flexibility index (Phi) is 10.3. The molecule has 0 heterocycles. The van der Waals surface area contributed by atoms with Crippen LogP contribution < -0.4 is 15.0 Å². The van der Waals surface area contributed by atoms with Gasteiger partial charge in [-0.25, -0.2) is 9.59 Å². The van der Waals surface area contributed by atoms with Crippen LogP contribution in [0, 0.1) is 0 Å². The molecule has 0 bridgehead atoms. The first-order valence-corrected chi connectivity index (χ1v) is 12.6. The number of anilines is 1. The molecule has 0 saturated carbocycles. The van der Waals surface area contributed by atoms with Crippen LogP contribution in [0.15, 0.2) is 72.8 Å². The summed E-state index contributed by atoms with van der Waals surface area (Å²) in [6.45, 7) is 5.55. The van der Waals surface area contributed by atoms with Gasteiger partial charge >= 0.3 is 11.9 Å². The molecule has 0 spiro atoms. The summed E-state index contributed by atoms with van der Waals surface area (Å²) in [4.78, 5) is 20.5. The number of rotatable bonds is 8. The molecule has 1 aliphatic rings. The highest BCUT2D eigenvalue weighted by molar-refractivity contribution is 6.27. The zero-order chi connectivity index (χ0) is 27.7. The van der Waals surface area contributed by atoms with Crippen molar-refractivity contribution in [3.8, 4) is 5.75 Å². The van der Waals surface area contributed by atoms with E-state index in [1.807, 2.05) is 36.4 Å². The molecule has 0 amide bonds. The van der Waals surface area contributed by atoms with Gasteiger partial charge in [-0.15, -0.1) is 0 Å². The quantitative estimate of drug-likeness (QED) is 0.323. The first-order chi connectivity index (χ1) is 18.2. The number of benzene rings is 3. The molecule has 2 atom stereocenters. The lowest BCUT2D eigenvalue weighted by Gasteiger charge is -2.36. The Bertz CT molecular complexity index is 1190. The lowest BCUT2D eigenvalue weighted by Crippen LogP contribution is -2.42. The average Bonchev–Trinajstić information content (AvgIpc) is 2.90. The number of nitrogens with zero attached hydrogens (tertiary/aromatic N) is 1. The van der Waals surface area contributed by atoms with Crippen molar-refractivity contribution >= 4 is 17.6 Å². The van der Waals surface area contributed by atoms with Crippen molar-refractivity contribution in [3.63, 3.8) is 0 Å². The van der Waals surface area contributed by atoms with Gasteiger partial charge in [-0.05, 0) is 41.2 Å². The smallest absolute Gasteiger partial charge is 0.414 e. The average molecular weight is 521 g/mol. The maximum atomic E-state index is 11.1.